The first kappa shape index (κ1) is 19.8. The topological polar surface area (TPSA) is 83.0 Å². The van der Waals surface area contributed by atoms with Crippen LogP contribution in [0.5, 0.6) is 11.5 Å². The Morgan fingerprint density at radius 2 is 1.57 bits per heavy atom. The molecule has 0 radical (unpaired) electrons. The Morgan fingerprint density at radius 3 is 2.21 bits per heavy atom. The smallest absolute Gasteiger partial charge is 0.492 e. The molecule has 7 heteroatoms. The van der Waals surface area contributed by atoms with Crippen LogP contribution in [-0.4, -0.2) is 24.3 Å². The number of para-hydroxylation sites is 1. The quantitative estimate of drug-likeness (QED) is 0.337. The minimum Gasteiger partial charge on any atom is -0.493 e. The van der Waals surface area contributed by atoms with E-state index in [1.807, 2.05) is 66.7 Å². The maximum atomic E-state index is 9.83. The van der Waals surface area contributed by atoms with Crippen molar-refractivity contribution in [2.24, 2.45) is 0 Å². The molecule has 0 fully saturated rings. The molecule has 0 bridgehead atoms. The van der Waals surface area contributed by atoms with Gasteiger partial charge in [0.05, 0.1) is 7.11 Å². The van der Waals surface area contributed by atoms with Crippen LogP contribution in [0.2, 0.25) is 0 Å². The molecular weight excluding hydrogens is 355 g/mol. The Bertz CT molecular complexity index is 876. The lowest BCUT2D eigenvalue weighted by Gasteiger charge is -2.17. The number of benzene rings is 3. The Labute approximate surface area is 164 Å². The second kappa shape index (κ2) is 9.80. The van der Waals surface area contributed by atoms with E-state index in [0.29, 0.717) is 24.7 Å². The fourth-order valence-corrected chi connectivity index (χ4v) is 2.78. The first-order valence-electron chi connectivity index (χ1n) is 8.95. The molecule has 144 valence electrons. The monoisotopic (exact) mass is 378 g/mol. The molecule has 4 N–H and O–H groups in total. The summed E-state index contributed by atoms with van der Waals surface area (Å²) in [4.78, 5) is 0. The summed E-state index contributed by atoms with van der Waals surface area (Å²) in [6.07, 6.45) is 0. The van der Waals surface area contributed by atoms with Gasteiger partial charge in [0.1, 0.15) is 6.61 Å². The highest BCUT2D eigenvalue weighted by atomic mass is 16.5. The number of hydrogen-bond acceptors (Lipinski definition) is 6. The molecule has 3 aromatic rings. The molecule has 3 rings (SSSR count). The van der Waals surface area contributed by atoms with Gasteiger partial charge in [0, 0.05) is 17.7 Å². The van der Waals surface area contributed by atoms with Crippen LogP contribution < -0.4 is 25.8 Å². The van der Waals surface area contributed by atoms with E-state index in [9.17, 15) is 10.0 Å². The Morgan fingerprint density at radius 1 is 0.893 bits per heavy atom. The summed E-state index contributed by atoms with van der Waals surface area (Å²) < 4.78 is 11.3. The maximum Gasteiger partial charge on any atom is 0.492 e. The first-order valence-corrected chi connectivity index (χ1v) is 8.95. The SMILES string of the molecule is COc1cc(CNNc2ccccc2)cc(B(O)O)c1OCc1ccccc1. The van der Waals surface area contributed by atoms with Gasteiger partial charge in [-0.15, -0.1) is 0 Å². The van der Waals surface area contributed by atoms with Gasteiger partial charge in [-0.05, 0) is 29.3 Å². The Hall–Kier alpha value is -3.00. The number of nitrogens with one attached hydrogen (secondary N) is 2. The fraction of sp³-hybridized carbons (Fsp3) is 0.143. The molecule has 0 heterocycles. The summed E-state index contributed by atoms with van der Waals surface area (Å²) >= 11 is 0. The number of methoxy groups -OCH3 is 1. The molecule has 0 aromatic heterocycles. The highest BCUT2D eigenvalue weighted by Gasteiger charge is 2.22. The highest BCUT2D eigenvalue weighted by Crippen LogP contribution is 2.27. The number of rotatable bonds is 9. The zero-order valence-electron chi connectivity index (χ0n) is 15.6. The average Bonchev–Trinajstić information content (AvgIpc) is 2.73. The van der Waals surface area contributed by atoms with Gasteiger partial charge in [-0.25, -0.2) is 5.43 Å². The Balaban J connectivity index is 1.74. The second-order valence-corrected chi connectivity index (χ2v) is 6.21. The average molecular weight is 378 g/mol. The van der Waals surface area contributed by atoms with Gasteiger partial charge in [-0.3, -0.25) is 0 Å². The second-order valence-electron chi connectivity index (χ2n) is 6.21. The number of hydrazine groups is 1. The number of anilines is 1. The summed E-state index contributed by atoms with van der Waals surface area (Å²) in [5, 5.41) is 19.7. The van der Waals surface area contributed by atoms with Crippen molar-refractivity contribution in [3.8, 4) is 11.5 Å². The molecule has 0 atom stereocenters. The van der Waals surface area contributed by atoms with Crippen LogP contribution in [0.15, 0.2) is 72.8 Å². The summed E-state index contributed by atoms with van der Waals surface area (Å²) in [5.74, 6) is 0.763. The third-order valence-electron chi connectivity index (χ3n) is 4.17. The fourth-order valence-electron chi connectivity index (χ4n) is 2.78. The minimum atomic E-state index is -1.68. The third-order valence-corrected chi connectivity index (χ3v) is 4.17. The molecule has 0 aliphatic carbocycles. The summed E-state index contributed by atoms with van der Waals surface area (Å²) in [7, 11) is -0.154. The van der Waals surface area contributed by atoms with E-state index < -0.39 is 7.12 Å². The van der Waals surface area contributed by atoms with Crippen molar-refractivity contribution < 1.29 is 19.5 Å². The summed E-state index contributed by atoms with van der Waals surface area (Å²) in [6, 6.07) is 22.9. The van der Waals surface area contributed by atoms with Gasteiger partial charge < -0.3 is 24.9 Å². The zero-order valence-corrected chi connectivity index (χ0v) is 15.6. The standard InChI is InChI=1S/C21H23BN2O4/c1-27-20-13-17(14-23-24-18-10-6-3-7-11-18)12-19(22(25)26)21(20)28-15-16-8-4-2-5-9-16/h2-13,23-26H,14-15H2,1H3. The van der Waals surface area contributed by atoms with Crippen molar-refractivity contribution in [2.75, 3.05) is 12.5 Å². The lowest BCUT2D eigenvalue weighted by Crippen LogP contribution is -2.33. The predicted octanol–water partition coefficient (Wildman–Crippen LogP) is 2.07. The summed E-state index contributed by atoms with van der Waals surface area (Å²) in [5.41, 5.74) is 9.17. The molecule has 0 aliphatic rings. The lowest BCUT2D eigenvalue weighted by atomic mass is 9.78. The molecule has 0 saturated carbocycles. The van der Waals surface area contributed by atoms with E-state index >= 15 is 0 Å². The van der Waals surface area contributed by atoms with Gasteiger partial charge >= 0.3 is 7.12 Å². The molecular formula is C21H23BN2O4. The number of hydrogen-bond donors (Lipinski definition) is 4. The molecule has 6 nitrogen and oxygen atoms in total. The van der Waals surface area contributed by atoms with Crippen LogP contribution >= 0.6 is 0 Å². The molecule has 0 unspecified atom stereocenters. The molecule has 0 saturated heterocycles. The van der Waals surface area contributed by atoms with Crippen molar-refractivity contribution in [1.29, 1.82) is 0 Å². The Kier molecular flexibility index (Phi) is 6.92. The van der Waals surface area contributed by atoms with E-state index in [1.165, 1.54) is 7.11 Å². The third kappa shape index (κ3) is 5.26. The van der Waals surface area contributed by atoms with Crippen molar-refractivity contribution in [1.82, 2.24) is 5.43 Å². The van der Waals surface area contributed by atoms with Crippen LogP contribution in [0.25, 0.3) is 0 Å². The molecule has 28 heavy (non-hydrogen) atoms. The molecule has 3 aromatic carbocycles. The lowest BCUT2D eigenvalue weighted by molar-refractivity contribution is 0.285. The van der Waals surface area contributed by atoms with Gasteiger partial charge in [0.25, 0.3) is 0 Å². The maximum absolute atomic E-state index is 9.83. The van der Waals surface area contributed by atoms with Gasteiger partial charge in [-0.1, -0.05) is 54.6 Å². The van der Waals surface area contributed by atoms with Crippen LogP contribution in [-0.2, 0) is 13.2 Å². The molecule has 0 amide bonds. The van der Waals surface area contributed by atoms with E-state index in [4.69, 9.17) is 9.47 Å². The molecule has 0 spiro atoms. The van der Waals surface area contributed by atoms with Crippen LogP contribution in [0, 0.1) is 0 Å². The van der Waals surface area contributed by atoms with Crippen molar-refractivity contribution >= 4 is 18.3 Å². The minimum absolute atomic E-state index is 0.256. The zero-order chi connectivity index (χ0) is 19.8. The largest absolute Gasteiger partial charge is 0.493 e. The van der Waals surface area contributed by atoms with E-state index in [2.05, 4.69) is 10.9 Å². The normalized spacial score (nSPS) is 10.4. The van der Waals surface area contributed by atoms with E-state index in [0.717, 1.165) is 16.8 Å². The predicted molar refractivity (Wildman–Crippen MR) is 110 cm³/mol. The number of ether oxygens (including phenoxy) is 2. The van der Waals surface area contributed by atoms with Crippen molar-refractivity contribution in [3.05, 3.63) is 83.9 Å². The van der Waals surface area contributed by atoms with Crippen LogP contribution in [0.3, 0.4) is 0 Å². The van der Waals surface area contributed by atoms with Crippen molar-refractivity contribution in [3.63, 3.8) is 0 Å². The van der Waals surface area contributed by atoms with Gasteiger partial charge in [0.2, 0.25) is 0 Å². The van der Waals surface area contributed by atoms with Crippen molar-refractivity contribution in [2.45, 2.75) is 13.2 Å². The highest BCUT2D eigenvalue weighted by molar-refractivity contribution is 6.60. The van der Waals surface area contributed by atoms with E-state index in [-0.39, 0.29) is 5.46 Å². The molecule has 0 aliphatic heterocycles. The van der Waals surface area contributed by atoms with E-state index in [1.54, 1.807) is 6.07 Å². The van der Waals surface area contributed by atoms with Crippen LogP contribution in [0.1, 0.15) is 11.1 Å². The first-order chi connectivity index (χ1) is 13.7. The van der Waals surface area contributed by atoms with Gasteiger partial charge in [0.15, 0.2) is 11.5 Å². The van der Waals surface area contributed by atoms with Crippen LogP contribution in [0.4, 0.5) is 5.69 Å². The summed E-state index contributed by atoms with van der Waals surface area (Å²) in [6.45, 7) is 0.744. The van der Waals surface area contributed by atoms with Gasteiger partial charge in [-0.2, -0.15) is 0 Å².